The zero-order chi connectivity index (χ0) is 6.10. The molecular weight excluding hydrogens is 150 g/mol. The Morgan fingerprint density at radius 1 is 1.50 bits per heavy atom. The molecule has 1 N–H and O–H groups in total. The van der Waals surface area contributed by atoms with Crippen LogP contribution in [0.2, 0.25) is 0 Å². The van der Waals surface area contributed by atoms with Crippen molar-refractivity contribution >= 4 is 18.1 Å². The maximum Gasteiger partial charge on any atom is 0.0879 e. The molecule has 1 aliphatic heterocycles. The molecule has 3 nitrogen and oxygen atoms in total. The monoisotopic (exact) mass is 157 g/mol. The van der Waals surface area contributed by atoms with Crippen LogP contribution in [0, 0.1) is 0 Å². The summed E-state index contributed by atoms with van der Waals surface area (Å²) in [7, 11) is 0. The quantitative estimate of drug-likeness (QED) is 0.607. The molecule has 0 amide bonds. The van der Waals surface area contributed by atoms with Gasteiger partial charge in [-0.05, 0) is 6.07 Å². The maximum absolute atomic E-state index is 3.95. The number of nitrogens with one attached hydrogen (secondary N) is 1. The molecule has 10 heavy (non-hydrogen) atoms. The summed E-state index contributed by atoms with van der Waals surface area (Å²) in [5.74, 6) is 0. The number of fused-ring (bicyclic) bond motifs is 1. The number of anilines is 1. The van der Waals surface area contributed by atoms with Crippen molar-refractivity contribution < 1.29 is 0 Å². The Balaban J connectivity index is 0.000000500. The summed E-state index contributed by atoms with van der Waals surface area (Å²) in [5.41, 5.74) is 2.24. The molecule has 1 aromatic heterocycles. The van der Waals surface area contributed by atoms with Crippen LogP contribution in [0.5, 0.6) is 0 Å². The van der Waals surface area contributed by atoms with E-state index in [4.69, 9.17) is 0 Å². The first-order chi connectivity index (χ1) is 4.47. The predicted octanol–water partition coefficient (Wildman–Crippen LogP) is 0.866. The molecular formula is C6H8ClN3. The van der Waals surface area contributed by atoms with Gasteiger partial charge in [-0.25, -0.2) is 0 Å². The van der Waals surface area contributed by atoms with Gasteiger partial charge in [0.15, 0.2) is 0 Å². The van der Waals surface area contributed by atoms with Crippen LogP contribution >= 0.6 is 12.4 Å². The molecule has 0 atom stereocenters. The van der Waals surface area contributed by atoms with E-state index in [2.05, 4.69) is 15.5 Å². The van der Waals surface area contributed by atoms with Crippen molar-refractivity contribution in [2.24, 2.45) is 0 Å². The number of aromatic nitrogens is 2. The molecule has 0 saturated heterocycles. The molecule has 0 spiro atoms. The topological polar surface area (TPSA) is 37.8 Å². The SMILES string of the molecule is Cl.c1cc2c(nn1)CCN2. The lowest BCUT2D eigenvalue weighted by molar-refractivity contribution is 0.941. The summed E-state index contributed by atoms with van der Waals surface area (Å²) in [4.78, 5) is 0. The highest BCUT2D eigenvalue weighted by Crippen LogP contribution is 2.16. The summed E-state index contributed by atoms with van der Waals surface area (Å²) in [5, 5.41) is 10.9. The zero-order valence-corrected chi connectivity index (χ0v) is 6.19. The van der Waals surface area contributed by atoms with Crippen molar-refractivity contribution in [3.8, 4) is 0 Å². The van der Waals surface area contributed by atoms with Gasteiger partial charge in [-0.15, -0.1) is 12.4 Å². The minimum absolute atomic E-state index is 0. The largest absolute Gasteiger partial charge is 0.383 e. The lowest BCUT2D eigenvalue weighted by atomic mass is 10.3. The Labute approximate surface area is 65.3 Å². The number of hydrogen-bond donors (Lipinski definition) is 1. The van der Waals surface area contributed by atoms with Crippen LogP contribution in [0.4, 0.5) is 5.69 Å². The van der Waals surface area contributed by atoms with Gasteiger partial charge in [-0.2, -0.15) is 10.2 Å². The van der Waals surface area contributed by atoms with Crippen molar-refractivity contribution in [2.45, 2.75) is 6.42 Å². The van der Waals surface area contributed by atoms with Crippen molar-refractivity contribution in [1.82, 2.24) is 10.2 Å². The first-order valence-corrected chi connectivity index (χ1v) is 3.01. The van der Waals surface area contributed by atoms with Gasteiger partial charge in [-0.3, -0.25) is 0 Å². The van der Waals surface area contributed by atoms with Crippen LogP contribution in [0.1, 0.15) is 5.69 Å². The molecule has 0 aliphatic carbocycles. The van der Waals surface area contributed by atoms with Crippen LogP contribution in [0.3, 0.4) is 0 Å². The summed E-state index contributed by atoms with van der Waals surface area (Å²) < 4.78 is 0. The summed E-state index contributed by atoms with van der Waals surface area (Å²) in [6, 6.07) is 1.95. The van der Waals surface area contributed by atoms with E-state index in [0.29, 0.717) is 0 Å². The van der Waals surface area contributed by atoms with Gasteiger partial charge in [0, 0.05) is 13.0 Å². The van der Waals surface area contributed by atoms with E-state index in [9.17, 15) is 0 Å². The third kappa shape index (κ3) is 1.04. The van der Waals surface area contributed by atoms with E-state index in [-0.39, 0.29) is 12.4 Å². The second-order valence-electron chi connectivity index (χ2n) is 2.07. The van der Waals surface area contributed by atoms with Gasteiger partial charge < -0.3 is 5.32 Å². The van der Waals surface area contributed by atoms with E-state index >= 15 is 0 Å². The highest BCUT2D eigenvalue weighted by Gasteiger charge is 2.08. The second kappa shape index (κ2) is 2.84. The van der Waals surface area contributed by atoms with Crippen molar-refractivity contribution in [3.63, 3.8) is 0 Å². The van der Waals surface area contributed by atoms with Gasteiger partial charge in [0.2, 0.25) is 0 Å². The smallest absolute Gasteiger partial charge is 0.0879 e. The van der Waals surface area contributed by atoms with Gasteiger partial charge in [0.1, 0.15) is 0 Å². The van der Waals surface area contributed by atoms with Gasteiger partial charge in [0.05, 0.1) is 17.6 Å². The lowest BCUT2D eigenvalue weighted by Crippen LogP contribution is -1.90. The summed E-state index contributed by atoms with van der Waals surface area (Å²) in [6.07, 6.45) is 2.72. The normalized spacial score (nSPS) is 13.2. The average Bonchev–Trinajstić information content (AvgIpc) is 2.33. The average molecular weight is 158 g/mol. The molecule has 0 fully saturated rings. The first kappa shape index (κ1) is 7.28. The standard InChI is InChI=1S/C6H7N3.ClH/c1-3-7-5-2-4-8-9-6(1)5;/h2,4,7H,1,3H2;1H. The molecule has 1 aromatic rings. The Morgan fingerprint density at radius 3 is 3.20 bits per heavy atom. The number of nitrogens with zero attached hydrogens (tertiary/aromatic N) is 2. The van der Waals surface area contributed by atoms with E-state index < -0.39 is 0 Å². The summed E-state index contributed by atoms with van der Waals surface area (Å²) in [6.45, 7) is 1.01. The van der Waals surface area contributed by atoms with Crippen molar-refractivity contribution in [1.29, 1.82) is 0 Å². The van der Waals surface area contributed by atoms with Crippen LogP contribution in [0.15, 0.2) is 12.3 Å². The Morgan fingerprint density at radius 2 is 2.40 bits per heavy atom. The van der Waals surface area contributed by atoms with Gasteiger partial charge in [-0.1, -0.05) is 0 Å². The molecule has 0 unspecified atom stereocenters. The Kier molecular flexibility index (Phi) is 2.06. The number of halogens is 1. The fourth-order valence-corrected chi connectivity index (χ4v) is 1.02. The van der Waals surface area contributed by atoms with Crippen LogP contribution in [0.25, 0.3) is 0 Å². The number of hydrogen-bond acceptors (Lipinski definition) is 3. The minimum Gasteiger partial charge on any atom is -0.383 e. The van der Waals surface area contributed by atoms with E-state index in [1.54, 1.807) is 6.20 Å². The minimum atomic E-state index is 0. The molecule has 0 radical (unpaired) electrons. The number of rotatable bonds is 0. The fourth-order valence-electron chi connectivity index (χ4n) is 1.02. The molecule has 0 aromatic carbocycles. The highest BCUT2D eigenvalue weighted by molar-refractivity contribution is 5.85. The third-order valence-electron chi connectivity index (χ3n) is 1.47. The Bertz CT molecular complexity index is 203. The lowest BCUT2D eigenvalue weighted by Gasteiger charge is -1.92. The van der Waals surface area contributed by atoms with E-state index in [1.165, 1.54) is 0 Å². The third-order valence-corrected chi connectivity index (χ3v) is 1.47. The molecule has 0 saturated carbocycles. The molecule has 2 heterocycles. The zero-order valence-electron chi connectivity index (χ0n) is 5.37. The molecule has 4 heteroatoms. The fraction of sp³-hybridized carbons (Fsp3) is 0.333. The first-order valence-electron chi connectivity index (χ1n) is 3.01. The molecule has 2 rings (SSSR count). The van der Waals surface area contributed by atoms with Crippen LogP contribution in [-0.4, -0.2) is 16.7 Å². The summed E-state index contributed by atoms with van der Waals surface area (Å²) >= 11 is 0. The second-order valence-corrected chi connectivity index (χ2v) is 2.07. The Hall–Kier alpha value is -0.830. The van der Waals surface area contributed by atoms with Crippen LogP contribution < -0.4 is 5.32 Å². The van der Waals surface area contributed by atoms with Gasteiger partial charge in [0.25, 0.3) is 0 Å². The molecule has 1 aliphatic rings. The molecule has 54 valence electrons. The van der Waals surface area contributed by atoms with Crippen molar-refractivity contribution in [2.75, 3.05) is 11.9 Å². The van der Waals surface area contributed by atoms with E-state index in [1.807, 2.05) is 6.07 Å². The van der Waals surface area contributed by atoms with Crippen molar-refractivity contribution in [3.05, 3.63) is 18.0 Å². The maximum atomic E-state index is 3.95. The van der Waals surface area contributed by atoms with Gasteiger partial charge >= 0.3 is 0 Å². The highest BCUT2D eigenvalue weighted by atomic mass is 35.5. The van der Waals surface area contributed by atoms with E-state index in [0.717, 1.165) is 24.3 Å². The molecule has 0 bridgehead atoms. The predicted molar refractivity (Wildman–Crippen MR) is 41.5 cm³/mol. The van der Waals surface area contributed by atoms with Crippen LogP contribution in [-0.2, 0) is 6.42 Å².